The average Bonchev–Trinajstić information content (AvgIpc) is 2.39. The number of aliphatic carboxylic acids is 1. The Kier molecular flexibility index (Phi) is 5.45. The van der Waals surface area contributed by atoms with E-state index in [1.54, 1.807) is 0 Å². The summed E-state index contributed by atoms with van der Waals surface area (Å²) in [4.78, 5) is 49.9. The highest BCUT2D eigenvalue weighted by molar-refractivity contribution is 5.93. The van der Waals surface area contributed by atoms with Crippen molar-refractivity contribution in [3.8, 4) is 0 Å². The zero-order chi connectivity index (χ0) is 16.2. The van der Waals surface area contributed by atoms with Gasteiger partial charge in [0.15, 0.2) is 0 Å². The van der Waals surface area contributed by atoms with Crippen LogP contribution in [-0.4, -0.2) is 44.5 Å². The summed E-state index contributed by atoms with van der Waals surface area (Å²) in [6.07, 6.45) is 0.864. The van der Waals surface area contributed by atoms with Crippen LogP contribution in [0.2, 0.25) is 0 Å². The van der Waals surface area contributed by atoms with Gasteiger partial charge in [0, 0.05) is 26.3 Å². The summed E-state index contributed by atoms with van der Waals surface area (Å²) in [5.74, 6) is -1.48. The van der Waals surface area contributed by atoms with E-state index in [9.17, 15) is 19.2 Å². The first kappa shape index (κ1) is 16.7. The van der Waals surface area contributed by atoms with Crippen molar-refractivity contribution < 1.29 is 14.7 Å². The second-order valence-electron chi connectivity index (χ2n) is 5.16. The van der Waals surface area contributed by atoms with Gasteiger partial charge in [-0.25, -0.2) is 4.79 Å². The number of nitrogens with one attached hydrogen (secondary N) is 1. The maximum atomic E-state index is 12.4. The Morgan fingerprint density at radius 2 is 2.00 bits per heavy atom. The third kappa shape index (κ3) is 4.30. The Morgan fingerprint density at radius 3 is 2.52 bits per heavy atom. The molecular weight excluding hydrogens is 278 g/mol. The van der Waals surface area contributed by atoms with Crippen molar-refractivity contribution in [1.29, 1.82) is 0 Å². The van der Waals surface area contributed by atoms with Crippen LogP contribution in [-0.2, 0) is 11.8 Å². The Hall–Kier alpha value is -2.38. The Bertz CT molecular complexity index is 644. The van der Waals surface area contributed by atoms with Crippen molar-refractivity contribution in [2.45, 2.75) is 20.3 Å². The molecule has 1 heterocycles. The first-order valence-corrected chi connectivity index (χ1v) is 6.53. The molecule has 0 radical (unpaired) electrons. The quantitative estimate of drug-likeness (QED) is 0.745. The number of amides is 1. The van der Waals surface area contributed by atoms with E-state index in [0.717, 1.165) is 10.8 Å². The molecule has 1 aromatic heterocycles. The van der Waals surface area contributed by atoms with Gasteiger partial charge in [-0.05, 0) is 5.92 Å². The van der Waals surface area contributed by atoms with Gasteiger partial charge >= 0.3 is 11.7 Å². The maximum absolute atomic E-state index is 12.4. The second-order valence-corrected chi connectivity index (χ2v) is 5.16. The van der Waals surface area contributed by atoms with Crippen molar-refractivity contribution in [3.63, 3.8) is 0 Å². The summed E-state index contributed by atoms with van der Waals surface area (Å²) >= 11 is 0. The van der Waals surface area contributed by atoms with E-state index >= 15 is 0 Å². The monoisotopic (exact) mass is 297 g/mol. The molecule has 8 nitrogen and oxygen atoms in total. The van der Waals surface area contributed by atoms with Crippen molar-refractivity contribution >= 4 is 11.9 Å². The van der Waals surface area contributed by atoms with Crippen LogP contribution in [0.5, 0.6) is 0 Å². The Labute approximate surface area is 121 Å². The van der Waals surface area contributed by atoms with Crippen LogP contribution in [0, 0.1) is 5.92 Å². The predicted molar refractivity (Wildman–Crippen MR) is 75.3 cm³/mol. The third-order valence-corrected chi connectivity index (χ3v) is 2.88. The molecule has 1 amide bonds. The van der Waals surface area contributed by atoms with E-state index in [-0.39, 0.29) is 24.4 Å². The number of hydrogen-bond acceptors (Lipinski definition) is 4. The first-order valence-electron chi connectivity index (χ1n) is 6.53. The number of carbonyl (C=O) groups is 2. The van der Waals surface area contributed by atoms with E-state index in [1.165, 1.54) is 11.9 Å². The van der Waals surface area contributed by atoms with E-state index in [4.69, 9.17) is 5.11 Å². The Morgan fingerprint density at radius 1 is 1.38 bits per heavy atom. The van der Waals surface area contributed by atoms with E-state index in [0.29, 0.717) is 6.54 Å². The summed E-state index contributed by atoms with van der Waals surface area (Å²) in [6.45, 7) is 4.10. The van der Waals surface area contributed by atoms with Crippen molar-refractivity contribution in [1.82, 2.24) is 14.5 Å². The van der Waals surface area contributed by atoms with Gasteiger partial charge in [0.2, 0.25) is 0 Å². The maximum Gasteiger partial charge on any atom is 0.328 e. The summed E-state index contributed by atoms with van der Waals surface area (Å²) in [5, 5.41) is 8.73. The second kappa shape index (κ2) is 6.87. The number of nitrogens with zero attached hydrogens (tertiary/aromatic N) is 2. The average molecular weight is 297 g/mol. The van der Waals surface area contributed by atoms with Gasteiger partial charge in [0.1, 0.15) is 5.56 Å². The molecule has 116 valence electrons. The van der Waals surface area contributed by atoms with Crippen molar-refractivity contribution in [2.24, 2.45) is 13.0 Å². The molecule has 0 aliphatic heterocycles. The molecule has 0 aliphatic rings. The van der Waals surface area contributed by atoms with Gasteiger partial charge in [-0.3, -0.25) is 19.0 Å². The minimum absolute atomic E-state index is 0.00856. The van der Waals surface area contributed by atoms with E-state index in [1.807, 2.05) is 13.8 Å². The zero-order valence-corrected chi connectivity index (χ0v) is 12.3. The first-order chi connectivity index (χ1) is 9.73. The number of carbonyl (C=O) groups excluding carboxylic acids is 1. The van der Waals surface area contributed by atoms with Crippen LogP contribution in [0.1, 0.15) is 30.6 Å². The van der Waals surface area contributed by atoms with Gasteiger partial charge < -0.3 is 15.0 Å². The van der Waals surface area contributed by atoms with Crippen molar-refractivity contribution in [2.75, 3.05) is 13.1 Å². The smallest absolute Gasteiger partial charge is 0.328 e. The Balaban J connectivity index is 3.10. The fraction of sp³-hybridized carbons (Fsp3) is 0.538. The van der Waals surface area contributed by atoms with Crippen molar-refractivity contribution in [3.05, 3.63) is 32.6 Å². The molecule has 1 aromatic rings. The topological polar surface area (TPSA) is 112 Å². The van der Waals surface area contributed by atoms with Crippen LogP contribution >= 0.6 is 0 Å². The van der Waals surface area contributed by atoms with Crippen LogP contribution in [0.25, 0.3) is 0 Å². The number of H-pyrrole nitrogens is 1. The lowest BCUT2D eigenvalue weighted by atomic mass is 10.1. The highest BCUT2D eigenvalue weighted by atomic mass is 16.4. The van der Waals surface area contributed by atoms with Gasteiger partial charge in [-0.1, -0.05) is 13.8 Å². The molecule has 2 N–H and O–H groups in total. The number of carboxylic acids is 1. The molecule has 0 unspecified atom stereocenters. The fourth-order valence-electron chi connectivity index (χ4n) is 1.84. The van der Waals surface area contributed by atoms with E-state index < -0.39 is 23.1 Å². The van der Waals surface area contributed by atoms with Gasteiger partial charge in [0.25, 0.3) is 11.5 Å². The molecule has 0 aliphatic carbocycles. The lowest BCUT2D eigenvalue weighted by Crippen LogP contribution is -2.42. The highest BCUT2D eigenvalue weighted by Crippen LogP contribution is 2.05. The zero-order valence-electron chi connectivity index (χ0n) is 12.3. The molecule has 1 rings (SSSR count). The molecule has 0 spiro atoms. The lowest BCUT2D eigenvalue weighted by molar-refractivity contribution is -0.137. The molecule has 0 saturated heterocycles. The third-order valence-electron chi connectivity index (χ3n) is 2.88. The standard InChI is InChI=1S/C13H19N3O5/c1-8(2)7-16(5-4-10(17)18)12(20)9-6-14-13(21)15(3)11(9)19/h6,8H,4-5,7H2,1-3H3,(H,14,21)(H,17,18). The minimum atomic E-state index is -1.02. The summed E-state index contributed by atoms with van der Waals surface area (Å²) < 4.78 is 0.804. The van der Waals surface area contributed by atoms with Crippen LogP contribution in [0.15, 0.2) is 15.8 Å². The summed E-state index contributed by atoms with van der Waals surface area (Å²) in [6, 6.07) is 0. The highest BCUT2D eigenvalue weighted by Gasteiger charge is 2.21. The minimum Gasteiger partial charge on any atom is -0.481 e. The van der Waals surface area contributed by atoms with Gasteiger partial charge in [0.05, 0.1) is 6.42 Å². The van der Waals surface area contributed by atoms with Crippen LogP contribution < -0.4 is 11.2 Å². The summed E-state index contributed by atoms with van der Waals surface area (Å²) in [7, 11) is 1.27. The molecule has 8 heteroatoms. The van der Waals surface area contributed by atoms with Crippen LogP contribution in [0.4, 0.5) is 0 Å². The van der Waals surface area contributed by atoms with Crippen LogP contribution in [0.3, 0.4) is 0 Å². The fourth-order valence-corrected chi connectivity index (χ4v) is 1.84. The summed E-state index contributed by atoms with van der Waals surface area (Å²) in [5.41, 5.74) is -1.49. The van der Waals surface area contributed by atoms with Gasteiger partial charge in [-0.2, -0.15) is 0 Å². The molecule has 0 aromatic carbocycles. The molecular formula is C13H19N3O5. The SMILES string of the molecule is CC(C)CN(CCC(=O)O)C(=O)c1c[nH]c(=O)n(C)c1=O. The molecule has 0 fully saturated rings. The molecule has 0 bridgehead atoms. The number of aromatic amines is 1. The lowest BCUT2D eigenvalue weighted by Gasteiger charge is -2.23. The number of carboxylic acid groups (broad SMARTS) is 1. The normalized spacial score (nSPS) is 10.7. The predicted octanol–water partition coefficient (Wildman–Crippen LogP) is -0.353. The number of rotatable bonds is 6. The largest absolute Gasteiger partial charge is 0.481 e. The van der Waals surface area contributed by atoms with Gasteiger partial charge in [-0.15, -0.1) is 0 Å². The number of aromatic nitrogens is 2. The molecule has 0 saturated carbocycles. The number of hydrogen-bond donors (Lipinski definition) is 2. The molecule has 0 atom stereocenters. The molecule has 21 heavy (non-hydrogen) atoms. The van der Waals surface area contributed by atoms with E-state index in [2.05, 4.69) is 4.98 Å².